The van der Waals surface area contributed by atoms with Gasteiger partial charge in [-0.2, -0.15) is 4.72 Å². The van der Waals surface area contributed by atoms with Crippen molar-refractivity contribution in [3.05, 3.63) is 52.9 Å². The first-order valence-corrected chi connectivity index (χ1v) is 12.7. The molecule has 0 saturated carbocycles. The summed E-state index contributed by atoms with van der Waals surface area (Å²) in [5.41, 5.74) is 1.34. The number of sulfonamides is 1. The average Bonchev–Trinajstić information content (AvgIpc) is 3.24. The number of ether oxygens (including phenoxy) is 2. The maximum Gasteiger partial charge on any atom is 0.244 e. The van der Waals surface area contributed by atoms with Gasteiger partial charge < -0.3 is 14.8 Å². The second-order valence-electron chi connectivity index (χ2n) is 7.39. The maximum atomic E-state index is 12.9. The number of carbonyl (C=O) groups is 1. The Bertz CT molecular complexity index is 1240. The highest BCUT2D eigenvalue weighted by molar-refractivity contribution is 7.89. The van der Waals surface area contributed by atoms with Crippen molar-refractivity contribution in [2.75, 3.05) is 19.5 Å². The summed E-state index contributed by atoms with van der Waals surface area (Å²) in [6.07, 6.45) is 0. The molecule has 0 spiro atoms. The third-order valence-corrected chi connectivity index (χ3v) is 7.19. The molecule has 1 heterocycles. The number of anilines is 1. The lowest BCUT2D eigenvalue weighted by molar-refractivity contribution is -0.118. The molecule has 0 aliphatic rings. The predicted molar refractivity (Wildman–Crippen MR) is 130 cm³/mol. The molecular formula is C22H24ClN3O5S2. The average molecular weight is 510 g/mol. The van der Waals surface area contributed by atoms with Crippen molar-refractivity contribution in [3.8, 4) is 22.8 Å². The van der Waals surface area contributed by atoms with E-state index in [-0.39, 0.29) is 15.8 Å². The monoisotopic (exact) mass is 509 g/mol. The lowest BCUT2D eigenvalue weighted by atomic mass is 10.1. The molecule has 0 radical (unpaired) electrons. The molecule has 3 rings (SSSR count). The Morgan fingerprint density at radius 3 is 2.52 bits per heavy atom. The summed E-state index contributed by atoms with van der Waals surface area (Å²) in [5.74, 6) is 0.385. The smallest absolute Gasteiger partial charge is 0.244 e. The zero-order valence-corrected chi connectivity index (χ0v) is 20.8. The molecule has 0 aliphatic carbocycles. The zero-order valence-electron chi connectivity index (χ0n) is 18.5. The van der Waals surface area contributed by atoms with Gasteiger partial charge in [-0.05, 0) is 36.2 Å². The van der Waals surface area contributed by atoms with Crippen molar-refractivity contribution in [3.63, 3.8) is 0 Å². The quantitative estimate of drug-likeness (QED) is 0.442. The molecule has 1 unspecified atom stereocenters. The topological polar surface area (TPSA) is 107 Å². The molecule has 1 atom stereocenters. The molecule has 176 valence electrons. The van der Waals surface area contributed by atoms with Crippen molar-refractivity contribution in [2.45, 2.75) is 24.8 Å². The van der Waals surface area contributed by atoms with Crippen LogP contribution in [-0.2, 0) is 14.8 Å². The van der Waals surface area contributed by atoms with Gasteiger partial charge in [-0.3, -0.25) is 4.79 Å². The number of methoxy groups -OCH3 is 2. The van der Waals surface area contributed by atoms with Crippen molar-refractivity contribution in [2.24, 2.45) is 5.92 Å². The van der Waals surface area contributed by atoms with Crippen molar-refractivity contribution < 1.29 is 22.7 Å². The highest BCUT2D eigenvalue weighted by Gasteiger charge is 2.29. The number of hydrogen-bond acceptors (Lipinski definition) is 7. The summed E-state index contributed by atoms with van der Waals surface area (Å²) in [7, 11) is -0.844. The van der Waals surface area contributed by atoms with Crippen LogP contribution in [0.4, 0.5) is 5.13 Å². The molecule has 2 N–H and O–H groups in total. The highest BCUT2D eigenvalue weighted by atomic mass is 35.5. The van der Waals surface area contributed by atoms with Crippen LogP contribution in [0.2, 0.25) is 5.02 Å². The molecule has 1 amide bonds. The summed E-state index contributed by atoms with van der Waals surface area (Å²) in [6, 6.07) is 10.2. The molecule has 0 bridgehead atoms. The number of carbonyl (C=O) groups excluding carboxylic acids is 1. The van der Waals surface area contributed by atoms with Crippen LogP contribution in [0.15, 0.2) is 52.7 Å². The molecule has 0 saturated heterocycles. The highest BCUT2D eigenvalue weighted by Crippen LogP contribution is 2.35. The fraction of sp³-hybridized carbons (Fsp3) is 0.273. The molecule has 1 aromatic heterocycles. The fourth-order valence-electron chi connectivity index (χ4n) is 3.01. The van der Waals surface area contributed by atoms with Crippen molar-refractivity contribution in [1.29, 1.82) is 0 Å². The second kappa shape index (κ2) is 10.5. The van der Waals surface area contributed by atoms with Gasteiger partial charge in [0.1, 0.15) is 17.5 Å². The van der Waals surface area contributed by atoms with Crippen LogP contribution in [0.5, 0.6) is 11.5 Å². The molecule has 8 nitrogen and oxygen atoms in total. The number of aromatic nitrogens is 1. The first-order chi connectivity index (χ1) is 15.6. The van der Waals surface area contributed by atoms with Crippen LogP contribution < -0.4 is 19.5 Å². The first kappa shape index (κ1) is 25.0. The third kappa shape index (κ3) is 6.02. The van der Waals surface area contributed by atoms with E-state index in [0.29, 0.717) is 22.3 Å². The van der Waals surface area contributed by atoms with E-state index in [1.54, 1.807) is 51.6 Å². The third-order valence-electron chi connectivity index (χ3n) is 4.76. The SMILES string of the molecule is COc1ccc(-c2csc(NC(=O)C(NS(=O)(=O)c3cccc(Cl)c3)C(C)C)n2)c(OC)c1. The number of thiazole rings is 1. The number of nitrogens with one attached hydrogen (secondary N) is 2. The van der Waals surface area contributed by atoms with E-state index in [9.17, 15) is 13.2 Å². The van der Waals surface area contributed by atoms with E-state index in [1.807, 2.05) is 6.07 Å². The number of amides is 1. The Balaban J connectivity index is 1.79. The Hall–Kier alpha value is -2.66. The van der Waals surface area contributed by atoms with Crippen molar-refractivity contribution in [1.82, 2.24) is 9.71 Å². The van der Waals surface area contributed by atoms with Gasteiger partial charge in [0, 0.05) is 22.0 Å². The molecule has 33 heavy (non-hydrogen) atoms. The van der Waals surface area contributed by atoms with Crippen LogP contribution in [0.1, 0.15) is 13.8 Å². The fourth-order valence-corrected chi connectivity index (χ4v) is 5.37. The van der Waals surface area contributed by atoms with E-state index < -0.39 is 22.0 Å². The Morgan fingerprint density at radius 2 is 1.88 bits per heavy atom. The molecule has 3 aromatic rings. The lowest BCUT2D eigenvalue weighted by Crippen LogP contribution is -2.47. The van der Waals surface area contributed by atoms with E-state index >= 15 is 0 Å². The molecule has 11 heteroatoms. The van der Waals surface area contributed by atoms with E-state index in [1.165, 1.54) is 29.5 Å². The summed E-state index contributed by atoms with van der Waals surface area (Å²) in [6.45, 7) is 3.50. The number of rotatable bonds is 9. The first-order valence-electron chi connectivity index (χ1n) is 9.91. The number of halogens is 1. The molecule has 0 fully saturated rings. The minimum atomic E-state index is -3.96. The normalized spacial score (nSPS) is 12.4. The van der Waals surface area contributed by atoms with E-state index in [2.05, 4.69) is 15.0 Å². The number of hydrogen-bond donors (Lipinski definition) is 2. The van der Waals surface area contributed by atoms with Crippen LogP contribution in [0.25, 0.3) is 11.3 Å². The summed E-state index contributed by atoms with van der Waals surface area (Å²) in [4.78, 5) is 17.4. The van der Waals surface area contributed by atoms with Crippen molar-refractivity contribution >= 4 is 44.0 Å². The van der Waals surface area contributed by atoms with E-state index in [4.69, 9.17) is 21.1 Å². The van der Waals surface area contributed by atoms with Gasteiger partial charge in [0.15, 0.2) is 5.13 Å². The van der Waals surface area contributed by atoms with Crippen LogP contribution in [0, 0.1) is 5.92 Å². The van der Waals surface area contributed by atoms with Gasteiger partial charge in [-0.1, -0.05) is 31.5 Å². The van der Waals surface area contributed by atoms with E-state index in [0.717, 1.165) is 5.56 Å². The largest absolute Gasteiger partial charge is 0.497 e. The summed E-state index contributed by atoms with van der Waals surface area (Å²) in [5, 5.41) is 5.11. The van der Waals surface area contributed by atoms with Gasteiger partial charge in [0.05, 0.1) is 24.8 Å². The standard InChI is InChI=1S/C22H24ClN3O5S2/c1-13(2)20(26-33(28,29)16-7-5-6-14(23)10-16)21(27)25-22-24-18(12-32-22)17-9-8-15(30-3)11-19(17)31-4/h5-13,20,26H,1-4H3,(H,24,25,27). The summed E-state index contributed by atoms with van der Waals surface area (Å²) < 4.78 is 38.7. The molecular weight excluding hydrogens is 486 g/mol. The Morgan fingerprint density at radius 1 is 1.12 bits per heavy atom. The van der Waals surface area contributed by atoms with Gasteiger partial charge in [-0.15, -0.1) is 11.3 Å². The molecule has 0 aliphatic heterocycles. The number of nitrogens with zero attached hydrogens (tertiary/aromatic N) is 1. The second-order valence-corrected chi connectivity index (χ2v) is 10.4. The minimum absolute atomic E-state index is 0.0171. The minimum Gasteiger partial charge on any atom is -0.497 e. The van der Waals surface area contributed by atoms with Gasteiger partial charge in [0.2, 0.25) is 15.9 Å². The zero-order chi connectivity index (χ0) is 24.2. The molecule has 2 aromatic carbocycles. The van der Waals surface area contributed by atoms with Crippen LogP contribution >= 0.6 is 22.9 Å². The maximum absolute atomic E-state index is 12.9. The Labute approximate surface area is 202 Å². The van der Waals surface area contributed by atoms with Crippen LogP contribution in [-0.4, -0.2) is 39.6 Å². The van der Waals surface area contributed by atoms with Gasteiger partial charge >= 0.3 is 0 Å². The summed E-state index contributed by atoms with van der Waals surface area (Å²) >= 11 is 7.14. The predicted octanol–water partition coefficient (Wildman–Crippen LogP) is 4.42. The van der Waals surface area contributed by atoms with Gasteiger partial charge in [0.25, 0.3) is 0 Å². The Kier molecular flexibility index (Phi) is 7.96. The van der Waals surface area contributed by atoms with Crippen LogP contribution in [0.3, 0.4) is 0 Å². The lowest BCUT2D eigenvalue weighted by Gasteiger charge is -2.21. The number of benzene rings is 2. The van der Waals surface area contributed by atoms with Gasteiger partial charge in [-0.25, -0.2) is 13.4 Å².